The van der Waals surface area contributed by atoms with Crippen molar-refractivity contribution in [3.8, 4) is 0 Å². The largest absolute Gasteiger partial charge is 0.444 e. The number of anilines is 2. The van der Waals surface area contributed by atoms with E-state index in [2.05, 4.69) is 33.3 Å². The van der Waals surface area contributed by atoms with Gasteiger partial charge in [0.25, 0.3) is 0 Å². The molecule has 180 valence electrons. The van der Waals surface area contributed by atoms with Gasteiger partial charge in [-0.15, -0.1) is 0 Å². The lowest BCUT2D eigenvalue weighted by Crippen LogP contribution is -2.54. The molecule has 0 spiro atoms. The molecule has 2 fully saturated rings. The van der Waals surface area contributed by atoms with Gasteiger partial charge in [0.1, 0.15) is 11.6 Å². The van der Waals surface area contributed by atoms with Gasteiger partial charge >= 0.3 is 6.09 Å². The summed E-state index contributed by atoms with van der Waals surface area (Å²) < 4.78 is 5.54. The number of fused-ring (bicyclic) bond motifs is 1. The van der Waals surface area contributed by atoms with Crippen LogP contribution in [0.4, 0.5) is 16.2 Å². The Bertz CT molecular complexity index is 917. The fourth-order valence-corrected chi connectivity index (χ4v) is 5.21. The van der Waals surface area contributed by atoms with Gasteiger partial charge in [-0.3, -0.25) is 14.9 Å². The van der Waals surface area contributed by atoms with Crippen LogP contribution in [0.3, 0.4) is 0 Å². The minimum absolute atomic E-state index is 0.163. The highest BCUT2D eigenvalue weighted by Crippen LogP contribution is 2.38. The standard InChI is InChI=1S/C25H36N4O4/c1-25(2,3)33-24(32)27(4)17-12-15-28(16-13-17)19-8-5-9-20-18(19)7-6-14-29(20)21-10-11-22(30)26-23(21)31/h5,8-9,17,21H,6-7,10-16H2,1-4H3,(H,26,30,31)/t21-/m0/s1. The van der Waals surface area contributed by atoms with Crippen LogP contribution in [0.25, 0.3) is 0 Å². The summed E-state index contributed by atoms with van der Waals surface area (Å²) in [4.78, 5) is 42.9. The number of ether oxygens (including phenoxy) is 1. The van der Waals surface area contributed by atoms with Crippen LogP contribution in [0.2, 0.25) is 0 Å². The maximum atomic E-state index is 12.5. The topological polar surface area (TPSA) is 82.2 Å². The van der Waals surface area contributed by atoms with Crippen molar-refractivity contribution >= 4 is 29.3 Å². The molecule has 2 saturated heterocycles. The average molecular weight is 457 g/mol. The van der Waals surface area contributed by atoms with Crippen LogP contribution >= 0.6 is 0 Å². The molecular weight excluding hydrogens is 420 g/mol. The number of nitrogens with zero attached hydrogens (tertiary/aromatic N) is 3. The van der Waals surface area contributed by atoms with Crippen molar-refractivity contribution in [2.75, 3.05) is 36.5 Å². The molecule has 4 rings (SSSR count). The van der Waals surface area contributed by atoms with E-state index >= 15 is 0 Å². The van der Waals surface area contributed by atoms with E-state index in [1.54, 1.807) is 4.90 Å². The molecule has 1 aromatic rings. The molecule has 8 heteroatoms. The lowest BCUT2D eigenvalue weighted by molar-refractivity contribution is -0.134. The maximum absolute atomic E-state index is 12.5. The number of rotatable bonds is 3. The van der Waals surface area contributed by atoms with Crippen molar-refractivity contribution in [1.82, 2.24) is 10.2 Å². The molecule has 0 aliphatic carbocycles. The number of piperidine rings is 2. The van der Waals surface area contributed by atoms with Gasteiger partial charge in [0.2, 0.25) is 11.8 Å². The fraction of sp³-hybridized carbons (Fsp3) is 0.640. The van der Waals surface area contributed by atoms with Gasteiger partial charge in [-0.25, -0.2) is 4.79 Å². The fourth-order valence-electron chi connectivity index (χ4n) is 5.21. The number of imide groups is 1. The van der Waals surface area contributed by atoms with Crippen LogP contribution in [0.1, 0.15) is 58.4 Å². The molecule has 3 amide bonds. The smallest absolute Gasteiger partial charge is 0.410 e. The number of carbonyl (C=O) groups is 3. The Hall–Kier alpha value is -2.77. The van der Waals surface area contributed by atoms with E-state index in [9.17, 15) is 14.4 Å². The molecule has 0 saturated carbocycles. The van der Waals surface area contributed by atoms with Gasteiger partial charge in [0.05, 0.1) is 0 Å². The van der Waals surface area contributed by atoms with Crippen molar-refractivity contribution in [2.24, 2.45) is 0 Å². The van der Waals surface area contributed by atoms with Gasteiger partial charge in [-0.1, -0.05) is 6.07 Å². The predicted molar refractivity (Wildman–Crippen MR) is 128 cm³/mol. The van der Waals surface area contributed by atoms with E-state index in [-0.39, 0.29) is 30.0 Å². The zero-order chi connectivity index (χ0) is 23.8. The second-order valence-electron chi connectivity index (χ2n) is 10.3. The van der Waals surface area contributed by atoms with E-state index in [0.29, 0.717) is 12.8 Å². The summed E-state index contributed by atoms with van der Waals surface area (Å²) in [6, 6.07) is 6.22. The minimum atomic E-state index is -0.496. The van der Waals surface area contributed by atoms with Crippen LogP contribution in [0, 0.1) is 0 Å². The number of carbonyl (C=O) groups excluding carboxylic acids is 3. The molecule has 8 nitrogen and oxygen atoms in total. The molecule has 1 N–H and O–H groups in total. The van der Waals surface area contributed by atoms with Crippen LogP contribution in [-0.2, 0) is 20.7 Å². The van der Waals surface area contributed by atoms with Gasteiger partial charge in [0.15, 0.2) is 0 Å². The SMILES string of the molecule is CN(C(=O)OC(C)(C)C)C1CCN(c2cccc3c2CCCN3[C@H]2CCC(=O)NC2=O)CC1. The molecular formula is C25H36N4O4. The minimum Gasteiger partial charge on any atom is -0.444 e. The van der Waals surface area contributed by atoms with E-state index in [1.165, 1.54) is 11.3 Å². The molecule has 0 radical (unpaired) electrons. The zero-order valence-corrected chi connectivity index (χ0v) is 20.2. The molecule has 1 aromatic carbocycles. The molecule has 33 heavy (non-hydrogen) atoms. The van der Waals surface area contributed by atoms with Crippen LogP contribution in [0.15, 0.2) is 18.2 Å². The molecule has 1 atom stereocenters. The lowest BCUT2D eigenvalue weighted by atomic mass is 9.94. The molecule has 0 bridgehead atoms. The van der Waals surface area contributed by atoms with Crippen molar-refractivity contribution in [3.05, 3.63) is 23.8 Å². The third-order valence-electron chi connectivity index (χ3n) is 6.88. The Labute approximate surface area is 196 Å². The Morgan fingerprint density at radius 2 is 1.76 bits per heavy atom. The van der Waals surface area contributed by atoms with Crippen molar-refractivity contribution in [1.29, 1.82) is 0 Å². The van der Waals surface area contributed by atoms with E-state index in [4.69, 9.17) is 4.74 Å². The Morgan fingerprint density at radius 1 is 1.06 bits per heavy atom. The first-order chi connectivity index (χ1) is 15.6. The normalized spacial score (nSPS) is 22.0. The maximum Gasteiger partial charge on any atom is 0.410 e. The predicted octanol–water partition coefficient (Wildman–Crippen LogP) is 3.08. The second-order valence-corrected chi connectivity index (χ2v) is 10.3. The second kappa shape index (κ2) is 9.23. The highest BCUT2D eigenvalue weighted by Gasteiger charge is 2.35. The van der Waals surface area contributed by atoms with Crippen molar-refractivity contribution in [2.45, 2.75) is 77.0 Å². The first kappa shape index (κ1) is 23.4. The van der Waals surface area contributed by atoms with Crippen molar-refractivity contribution < 1.29 is 19.1 Å². The van der Waals surface area contributed by atoms with Crippen molar-refractivity contribution in [3.63, 3.8) is 0 Å². The van der Waals surface area contributed by atoms with Gasteiger partial charge < -0.3 is 19.4 Å². The highest BCUT2D eigenvalue weighted by molar-refractivity contribution is 6.02. The Morgan fingerprint density at radius 3 is 2.42 bits per heavy atom. The van der Waals surface area contributed by atoms with Crippen LogP contribution in [0.5, 0.6) is 0 Å². The summed E-state index contributed by atoms with van der Waals surface area (Å²) in [5, 5.41) is 2.50. The zero-order valence-electron chi connectivity index (χ0n) is 20.2. The van der Waals surface area contributed by atoms with Gasteiger partial charge in [-0.05, 0) is 70.6 Å². The summed E-state index contributed by atoms with van der Waals surface area (Å²) in [5.74, 6) is -0.364. The first-order valence-electron chi connectivity index (χ1n) is 12.1. The third-order valence-corrected chi connectivity index (χ3v) is 6.88. The molecule has 3 heterocycles. The number of hydrogen-bond donors (Lipinski definition) is 1. The van der Waals surface area contributed by atoms with E-state index < -0.39 is 5.60 Å². The number of nitrogens with one attached hydrogen (secondary N) is 1. The monoisotopic (exact) mass is 456 g/mol. The Kier molecular flexibility index (Phi) is 6.54. The quantitative estimate of drug-likeness (QED) is 0.704. The summed E-state index contributed by atoms with van der Waals surface area (Å²) in [5.41, 5.74) is 3.13. The number of amides is 3. The lowest BCUT2D eigenvalue weighted by Gasteiger charge is -2.42. The summed E-state index contributed by atoms with van der Waals surface area (Å²) >= 11 is 0. The molecule has 0 unspecified atom stereocenters. The van der Waals surface area contributed by atoms with Crippen LogP contribution < -0.4 is 15.1 Å². The van der Waals surface area contributed by atoms with Gasteiger partial charge in [0, 0.05) is 50.5 Å². The molecule has 0 aromatic heterocycles. The summed E-state index contributed by atoms with van der Waals surface area (Å²) in [6.45, 7) is 8.22. The third kappa shape index (κ3) is 5.09. The molecule has 3 aliphatic rings. The first-order valence-corrected chi connectivity index (χ1v) is 12.1. The Balaban J connectivity index is 1.46. The molecule has 3 aliphatic heterocycles. The summed E-state index contributed by atoms with van der Waals surface area (Å²) in [7, 11) is 1.83. The van der Waals surface area contributed by atoms with Crippen LogP contribution in [-0.4, -0.2) is 67.2 Å². The number of hydrogen-bond acceptors (Lipinski definition) is 6. The van der Waals surface area contributed by atoms with E-state index in [1.807, 2.05) is 27.8 Å². The average Bonchev–Trinajstić information content (AvgIpc) is 2.77. The van der Waals surface area contributed by atoms with Gasteiger partial charge in [-0.2, -0.15) is 0 Å². The summed E-state index contributed by atoms with van der Waals surface area (Å²) in [6.07, 6.45) is 4.43. The van der Waals surface area contributed by atoms with E-state index in [0.717, 1.165) is 51.0 Å². The highest BCUT2D eigenvalue weighted by atomic mass is 16.6. The number of benzene rings is 1.